The molecule has 0 aromatic carbocycles. The van der Waals surface area contributed by atoms with Gasteiger partial charge in [-0.25, -0.2) is 4.79 Å². The number of ether oxygens (including phenoxy) is 1. The highest BCUT2D eigenvalue weighted by molar-refractivity contribution is 5.69. The first-order valence-corrected chi connectivity index (χ1v) is 7.55. The van der Waals surface area contributed by atoms with Crippen LogP contribution in [0.15, 0.2) is 0 Å². The lowest BCUT2D eigenvalue weighted by atomic mass is 9.49. The van der Waals surface area contributed by atoms with Crippen LogP contribution in [0, 0.1) is 5.92 Å². The number of nitrogens with one attached hydrogen (secondary N) is 1. The van der Waals surface area contributed by atoms with E-state index in [-0.39, 0.29) is 12.1 Å². The maximum absolute atomic E-state index is 12.2. The molecule has 0 aromatic heterocycles. The Hall–Kier alpha value is -0.770. The predicted octanol–water partition coefficient (Wildman–Crippen LogP) is 2.53. The summed E-state index contributed by atoms with van der Waals surface area (Å²) in [6.45, 7) is 8.71. The Bertz CT molecular complexity index is 371. The Balaban J connectivity index is 1.55. The number of amides is 1. The molecule has 19 heavy (non-hydrogen) atoms. The van der Waals surface area contributed by atoms with Gasteiger partial charge < -0.3 is 15.0 Å². The number of nitrogens with zero attached hydrogens (tertiary/aromatic N) is 1. The number of likely N-dealkylation sites (tertiary alicyclic amines) is 1. The molecule has 0 aromatic rings. The van der Waals surface area contributed by atoms with Gasteiger partial charge in [-0.15, -0.1) is 0 Å². The first-order valence-electron chi connectivity index (χ1n) is 7.55. The summed E-state index contributed by atoms with van der Waals surface area (Å²) in [5.74, 6) is 0.992. The second-order valence-electron chi connectivity index (χ2n) is 7.71. The number of carbonyl (C=O) groups is 1. The lowest BCUT2D eigenvalue weighted by molar-refractivity contribution is -0.0610. The van der Waals surface area contributed by atoms with Crippen molar-refractivity contribution in [1.82, 2.24) is 10.2 Å². The summed E-state index contributed by atoms with van der Waals surface area (Å²) in [6, 6.07) is 0.678. The van der Waals surface area contributed by atoms with Gasteiger partial charge in [0.25, 0.3) is 0 Å². The summed E-state index contributed by atoms with van der Waals surface area (Å²) in [7, 11) is 0. The Morgan fingerprint density at radius 3 is 2.42 bits per heavy atom. The van der Waals surface area contributed by atoms with Gasteiger partial charge in [0.15, 0.2) is 0 Å². The molecule has 1 unspecified atom stereocenters. The molecular formula is C15H26N2O2. The van der Waals surface area contributed by atoms with Crippen LogP contribution in [-0.2, 0) is 4.74 Å². The third-order valence-electron chi connectivity index (χ3n) is 4.91. The molecule has 0 spiro atoms. The maximum Gasteiger partial charge on any atom is 0.410 e. The normalized spacial score (nSPS) is 40.6. The van der Waals surface area contributed by atoms with Gasteiger partial charge in [0.2, 0.25) is 0 Å². The van der Waals surface area contributed by atoms with E-state index >= 15 is 0 Å². The lowest BCUT2D eigenvalue weighted by Gasteiger charge is -2.63. The molecule has 4 heteroatoms. The fourth-order valence-electron chi connectivity index (χ4n) is 3.76. The zero-order valence-corrected chi connectivity index (χ0v) is 12.5. The van der Waals surface area contributed by atoms with Crippen molar-refractivity contribution in [2.24, 2.45) is 5.92 Å². The van der Waals surface area contributed by atoms with Gasteiger partial charge in [0.1, 0.15) is 5.60 Å². The van der Waals surface area contributed by atoms with E-state index in [2.05, 4.69) is 12.2 Å². The summed E-state index contributed by atoms with van der Waals surface area (Å²) in [5, 5.41) is 3.81. The second-order valence-corrected chi connectivity index (χ2v) is 7.71. The lowest BCUT2D eigenvalue weighted by Crippen LogP contribution is -2.69. The van der Waals surface area contributed by atoms with Crippen LogP contribution in [0.5, 0.6) is 0 Å². The SMILES string of the molecule is C[C@H]1C(NC23CC(C2)C3)CCN1C(=O)OC(C)(C)C. The van der Waals surface area contributed by atoms with Gasteiger partial charge in [0.05, 0.1) is 0 Å². The summed E-state index contributed by atoms with van der Waals surface area (Å²) in [4.78, 5) is 14.0. The number of rotatable bonds is 2. The molecule has 0 radical (unpaired) electrons. The standard InChI is InChI=1S/C15H26N2O2/c1-10-12(16-15-7-11(8-15)9-15)5-6-17(10)13(18)19-14(2,3)4/h10-12,16H,5-9H2,1-4H3/t10-,11?,12?,15?/m0/s1. The van der Waals surface area contributed by atoms with E-state index < -0.39 is 5.60 Å². The van der Waals surface area contributed by atoms with Crippen LogP contribution >= 0.6 is 0 Å². The molecule has 3 aliphatic carbocycles. The third-order valence-corrected chi connectivity index (χ3v) is 4.91. The molecule has 1 saturated heterocycles. The first-order chi connectivity index (χ1) is 8.78. The van der Waals surface area contributed by atoms with Gasteiger partial charge in [-0.3, -0.25) is 0 Å². The van der Waals surface area contributed by atoms with Crippen molar-refractivity contribution < 1.29 is 9.53 Å². The zero-order chi connectivity index (χ0) is 13.8. The second kappa shape index (κ2) is 4.11. The summed E-state index contributed by atoms with van der Waals surface area (Å²) in [5.41, 5.74) is 0.0315. The van der Waals surface area contributed by atoms with E-state index in [9.17, 15) is 4.79 Å². The zero-order valence-electron chi connectivity index (χ0n) is 12.5. The van der Waals surface area contributed by atoms with Crippen LogP contribution in [0.25, 0.3) is 0 Å². The van der Waals surface area contributed by atoms with Gasteiger partial charge >= 0.3 is 6.09 Å². The highest BCUT2D eigenvalue weighted by Crippen LogP contribution is 2.57. The molecule has 4 nitrogen and oxygen atoms in total. The Morgan fingerprint density at radius 1 is 1.32 bits per heavy atom. The van der Waals surface area contributed by atoms with E-state index in [4.69, 9.17) is 4.74 Å². The topological polar surface area (TPSA) is 41.6 Å². The number of hydrogen-bond acceptors (Lipinski definition) is 3. The van der Waals surface area contributed by atoms with Crippen molar-refractivity contribution in [1.29, 1.82) is 0 Å². The molecule has 1 N–H and O–H groups in total. The highest BCUT2D eigenvalue weighted by Gasteiger charge is 2.57. The molecule has 108 valence electrons. The van der Waals surface area contributed by atoms with Gasteiger partial charge in [-0.05, 0) is 59.3 Å². The fraction of sp³-hybridized carbons (Fsp3) is 0.933. The van der Waals surface area contributed by atoms with E-state index in [1.54, 1.807) is 0 Å². The molecular weight excluding hydrogens is 240 g/mol. The molecule has 2 bridgehead atoms. The minimum absolute atomic E-state index is 0.165. The van der Waals surface area contributed by atoms with Gasteiger partial charge in [0, 0.05) is 24.2 Å². The van der Waals surface area contributed by atoms with E-state index in [1.807, 2.05) is 25.7 Å². The monoisotopic (exact) mass is 266 g/mol. The largest absolute Gasteiger partial charge is 0.444 e. The molecule has 3 saturated carbocycles. The number of hydrogen-bond donors (Lipinski definition) is 1. The summed E-state index contributed by atoms with van der Waals surface area (Å²) < 4.78 is 5.48. The van der Waals surface area contributed by atoms with E-state index in [0.29, 0.717) is 11.6 Å². The Labute approximate surface area is 115 Å². The molecule has 4 fully saturated rings. The van der Waals surface area contributed by atoms with E-state index in [0.717, 1.165) is 18.9 Å². The molecule has 1 aliphatic heterocycles. The van der Waals surface area contributed by atoms with Gasteiger partial charge in [-0.1, -0.05) is 0 Å². The smallest absolute Gasteiger partial charge is 0.410 e. The molecule has 4 rings (SSSR count). The maximum atomic E-state index is 12.2. The fourth-order valence-corrected chi connectivity index (χ4v) is 3.76. The van der Waals surface area contributed by atoms with Crippen molar-refractivity contribution in [2.75, 3.05) is 6.54 Å². The number of carbonyl (C=O) groups excluding carboxylic acids is 1. The molecule has 1 amide bonds. The van der Waals surface area contributed by atoms with Crippen molar-refractivity contribution in [3.05, 3.63) is 0 Å². The van der Waals surface area contributed by atoms with Crippen molar-refractivity contribution in [2.45, 2.75) is 76.6 Å². The molecule has 4 aliphatic rings. The Morgan fingerprint density at radius 2 is 1.95 bits per heavy atom. The average molecular weight is 266 g/mol. The van der Waals surface area contributed by atoms with Crippen LogP contribution in [0.1, 0.15) is 53.4 Å². The van der Waals surface area contributed by atoms with Crippen molar-refractivity contribution in [3.63, 3.8) is 0 Å². The molecule has 2 atom stereocenters. The van der Waals surface area contributed by atoms with Crippen molar-refractivity contribution in [3.8, 4) is 0 Å². The quantitative estimate of drug-likeness (QED) is 0.835. The first kappa shape index (κ1) is 13.2. The van der Waals surface area contributed by atoms with Crippen LogP contribution in [0.3, 0.4) is 0 Å². The minimum Gasteiger partial charge on any atom is -0.444 e. The van der Waals surface area contributed by atoms with Crippen molar-refractivity contribution >= 4 is 6.09 Å². The summed E-state index contributed by atoms with van der Waals surface area (Å²) >= 11 is 0. The van der Waals surface area contributed by atoms with Crippen LogP contribution in [0.4, 0.5) is 4.79 Å². The van der Waals surface area contributed by atoms with Crippen LogP contribution < -0.4 is 5.32 Å². The highest BCUT2D eigenvalue weighted by atomic mass is 16.6. The average Bonchev–Trinajstić information content (AvgIpc) is 2.49. The Kier molecular flexibility index (Phi) is 2.86. The predicted molar refractivity (Wildman–Crippen MR) is 74.0 cm³/mol. The summed E-state index contributed by atoms with van der Waals surface area (Å²) in [6.07, 6.45) is 4.93. The molecule has 1 heterocycles. The third kappa shape index (κ3) is 2.35. The minimum atomic E-state index is -0.407. The van der Waals surface area contributed by atoms with Crippen LogP contribution in [-0.4, -0.2) is 40.8 Å². The van der Waals surface area contributed by atoms with E-state index in [1.165, 1.54) is 19.3 Å². The van der Waals surface area contributed by atoms with Crippen LogP contribution in [0.2, 0.25) is 0 Å². The van der Waals surface area contributed by atoms with Gasteiger partial charge in [-0.2, -0.15) is 0 Å².